The van der Waals surface area contributed by atoms with Crippen molar-refractivity contribution in [2.24, 2.45) is 5.73 Å². The number of hydrogen-bond donors (Lipinski definition) is 1. The number of nitrogens with zero attached hydrogens (tertiary/aromatic N) is 1. The number of hydrogen-bond acceptors (Lipinski definition) is 4. The van der Waals surface area contributed by atoms with Gasteiger partial charge in [0.2, 0.25) is 0 Å². The topological polar surface area (TPSA) is 48.1 Å². The highest BCUT2D eigenvalue weighted by Crippen LogP contribution is 2.19. The average Bonchev–Trinajstić information content (AvgIpc) is 2.36. The molecule has 1 rings (SSSR count). The third kappa shape index (κ3) is 5.27. The van der Waals surface area contributed by atoms with Crippen LogP contribution in [0, 0.1) is 6.92 Å². The fourth-order valence-corrected chi connectivity index (χ4v) is 2.06. The molecular formula is C14H24N2OS. The maximum atomic E-state index is 6.00. The van der Waals surface area contributed by atoms with Crippen LogP contribution in [0.25, 0.3) is 0 Å². The van der Waals surface area contributed by atoms with Crippen LogP contribution in [-0.4, -0.2) is 29.6 Å². The van der Waals surface area contributed by atoms with Crippen molar-refractivity contribution in [3.63, 3.8) is 0 Å². The molecule has 2 N–H and O–H groups in total. The fourth-order valence-electron chi connectivity index (χ4n) is 1.65. The van der Waals surface area contributed by atoms with Crippen LogP contribution in [0.15, 0.2) is 12.1 Å². The molecule has 0 spiro atoms. The molecule has 4 heteroatoms. The first-order chi connectivity index (χ1) is 8.67. The van der Waals surface area contributed by atoms with E-state index in [0.717, 1.165) is 48.8 Å². The lowest BCUT2D eigenvalue weighted by molar-refractivity contribution is 0.312. The van der Waals surface area contributed by atoms with Crippen molar-refractivity contribution in [2.75, 3.05) is 18.6 Å². The van der Waals surface area contributed by atoms with E-state index in [1.54, 1.807) is 0 Å². The molecular weight excluding hydrogens is 244 g/mol. The van der Waals surface area contributed by atoms with Crippen molar-refractivity contribution < 1.29 is 4.74 Å². The fraction of sp³-hybridized carbons (Fsp3) is 0.643. The quantitative estimate of drug-likeness (QED) is 0.737. The van der Waals surface area contributed by atoms with Crippen LogP contribution in [0.3, 0.4) is 0 Å². The molecule has 0 bridgehead atoms. The largest absolute Gasteiger partial charge is 0.492 e. The molecule has 0 fully saturated rings. The van der Waals surface area contributed by atoms with Crippen molar-refractivity contribution in [3.05, 3.63) is 23.5 Å². The average molecular weight is 268 g/mol. The number of aromatic nitrogens is 1. The third-order valence-corrected chi connectivity index (χ3v) is 3.50. The summed E-state index contributed by atoms with van der Waals surface area (Å²) in [6.07, 6.45) is 4.92. The van der Waals surface area contributed by atoms with Crippen LogP contribution in [0.2, 0.25) is 0 Å². The summed E-state index contributed by atoms with van der Waals surface area (Å²) in [6, 6.07) is 4.16. The Labute approximate surface area is 115 Å². The molecule has 0 aliphatic carbocycles. The second-order valence-electron chi connectivity index (χ2n) is 4.46. The summed E-state index contributed by atoms with van der Waals surface area (Å²) in [5.74, 6) is 2.02. The van der Waals surface area contributed by atoms with E-state index in [1.165, 1.54) is 0 Å². The minimum absolute atomic E-state index is 0.160. The van der Waals surface area contributed by atoms with E-state index in [-0.39, 0.29) is 6.04 Å². The molecule has 0 saturated heterocycles. The van der Waals surface area contributed by atoms with Gasteiger partial charge in [-0.05, 0) is 43.9 Å². The van der Waals surface area contributed by atoms with Crippen molar-refractivity contribution in [1.82, 2.24) is 4.98 Å². The van der Waals surface area contributed by atoms with Crippen molar-refractivity contribution in [1.29, 1.82) is 0 Å². The van der Waals surface area contributed by atoms with Gasteiger partial charge in [-0.15, -0.1) is 0 Å². The predicted molar refractivity (Wildman–Crippen MR) is 79.4 cm³/mol. The smallest absolute Gasteiger partial charge is 0.140 e. The highest BCUT2D eigenvalue weighted by molar-refractivity contribution is 7.98. The summed E-state index contributed by atoms with van der Waals surface area (Å²) < 4.78 is 5.81. The van der Waals surface area contributed by atoms with Gasteiger partial charge in [-0.3, -0.25) is 4.98 Å². The van der Waals surface area contributed by atoms with Gasteiger partial charge in [-0.2, -0.15) is 11.8 Å². The van der Waals surface area contributed by atoms with E-state index >= 15 is 0 Å². The van der Waals surface area contributed by atoms with Crippen molar-refractivity contribution in [3.8, 4) is 5.75 Å². The van der Waals surface area contributed by atoms with E-state index in [2.05, 4.69) is 18.2 Å². The Hall–Kier alpha value is -0.740. The Bertz CT molecular complexity index is 358. The number of aryl methyl sites for hydroxylation is 1. The molecule has 0 aromatic carbocycles. The summed E-state index contributed by atoms with van der Waals surface area (Å²) in [6.45, 7) is 4.85. The number of nitrogens with two attached hydrogens (primary N) is 1. The molecule has 0 amide bonds. The van der Waals surface area contributed by atoms with Gasteiger partial charge in [0.05, 0.1) is 12.3 Å². The van der Waals surface area contributed by atoms with Gasteiger partial charge in [-0.1, -0.05) is 6.92 Å². The maximum Gasteiger partial charge on any atom is 0.140 e. The zero-order valence-electron chi connectivity index (χ0n) is 11.6. The Balaban J connectivity index is 2.64. The molecule has 1 atom stereocenters. The third-order valence-electron chi connectivity index (χ3n) is 2.80. The number of pyridine rings is 1. The van der Waals surface area contributed by atoms with Crippen LogP contribution in [-0.2, 0) is 6.42 Å². The molecule has 0 saturated carbocycles. The zero-order chi connectivity index (χ0) is 13.4. The summed E-state index contributed by atoms with van der Waals surface area (Å²) in [7, 11) is 0. The van der Waals surface area contributed by atoms with Crippen LogP contribution in [0.1, 0.15) is 31.2 Å². The molecule has 1 aromatic heterocycles. The zero-order valence-corrected chi connectivity index (χ0v) is 12.4. The minimum atomic E-state index is 0.160. The van der Waals surface area contributed by atoms with E-state index in [1.807, 2.05) is 30.8 Å². The van der Waals surface area contributed by atoms with Crippen molar-refractivity contribution >= 4 is 11.8 Å². The van der Waals surface area contributed by atoms with E-state index < -0.39 is 0 Å². The first kappa shape index (κ1) is 15.3. The summed E-state index contributed by atoms with van der Waals surface area (Å²) >= 11 is 1.84. The maximum absolute atomic E-state index is 6.00. The minimum Gasteiger partial charge on any atom is -0.492 e. The highest BCUT2D eigenvalue weighted by atomic mass is 32.2. The van der Waals surface area contributed by atoms with Crippen LogP contribution < -0.4 is 10.5 Å². The first-order valence-corrected chi connectivity index (χ1v) is 7.90. The molecule has 102 valence electrons. The van der Waals surface area contributed by atoms with Gasteiger partial charge < -0.3 is 10.5 Å². The molecule has 0 aliphatic rings. The Morgan fingerprint density at radius 3 is 2.89 bits per heavy atom. The standard InChI is InChI=1S/C14H24N2OS/c1-4-12(15)10-13-14(7-6-11(2)16-13)17-8-5-9-18-3/h6-7,12H,4-5,8-10,15H2,1-3H3. The lowest BCUT2D eigenvalue weighted by atomic mass is 10.1. The van der Waals surface area contributed by atoms with E-state index in [4.69, 9.17) is 10.5 Å². The number of ether oxygens (including phenoxy) is 1. The molecule has 1 aromatic rings. The van der Waals surface area contributed by atoms with Crippen molar-refractivity contribution in [2.45, 2.75) is 39.2 Å². The monoisotopic (exact) mass is 268 g/mol. The summed E-state index contributed by atoms with van der Waals surface area (Å²) in [5.41, 5.74) is 8.01. The summed E-state index contributed by atoms with van der Waals surface area (Å²) in [5, 5.41) is 0. The molecule has 1 unspecified atom stereocenters. The second-order valence-corrected chi connectivity index (χ2v) is 5.45. The molecule has 3 nitrogen and oxygen atoms in total. The van der Waals surface area contributed by atoms with Gasteiger partial charge in [0.25, 0.3) is 0 Å². The SMILES string of the molecule is CCC(N)Cc1nc(C)ccc1OCCCSC. The molecule has 0 aliphatic heterocycles. The lowest BCUT2D eigenvalue weighted by Gasteiger charge is -2.14. The van der Waals surface area contributed by atoms with E-state index in [0.29, 0.717) is 0 Å². The Morgan fingerprint density at radius 2 is 2.22 bits per heavy atom. The summed E-state index contributed by atoms with van der Waals surface area (Å²) in [4.78, 5) is 4.55. The van der Waals surface area contributed by atoms with Crippen LogP contribution in [0.4, 0.5) is 0 Å². The van der Waals surface area contributed by atoms with E-state index in [9.17, 15) is 0 Å². The van der Waals surface area contributed by atoms with Gasteiger partial charge in [0, 0.05) is 18.2 Å². The second kappa shape index (κ2) is 8.38. The number of rotatable bonds is 8. The van der Waals surface area contributed by atoms with Gasteiger partial charge in [-0.25, -0.2) is 0 Å². The predicted octanol–water partition coefficient (Wildman–Crippen LogP) is 2.80. The molecule has 0 radical (unpaired) electrons. The highest BCUT2D eigenvalue weighted by Gasteiger charge is 2.09. The van der Waals surface area contributed by atoms with Gasteiger partial charge in [0.15, 0.2) is 0 Å². The number of thioether (sulfide) groups is 1. The first-order valence-electron chi connectivity index (χ1n) is 6.51. The molecule has 1 heterocycles. The van der Waals surface area contributed by atoms with Gasteiger partial charge >= 0.3 is 0 Å². The lowest BCUT2D eigenvalue weighted by Crippen LogP contribution is -2.22. The Kier molecular flexibility index (Phi) is 7.13. The van der Waals surface area contributed by atoms with Crippen LogP contribution >= 0.6 is 11.8 Å². The van der Waals surface area contributed by atoms with Crippen LogP contribution in [0.5, 0.6) is 5.75 Å². The normalized spacial score (nSPS) is 12.4. The Morgan fingerprint density at radius 1 is 1.44 bits per heavy atom. The van der Waals surface area contributed by atoms with Gasteiger partial charge in [0.1, 0.15) is 5.75 Å². The molecule has 18 heavy (non-hydrogen) atoms.